The van der Waals surface area contributed by atoms with Crippen LogP contribution in [0.25, 0.3) is 45.6 Å². The summed E-state index contributed by atoms with van der Waals surface area (Å²) in [6.07, 6.45) is 10.4. The van der Waals surface area contributed by atoms with Gasteiger partial charge < -0.3 is 41.3 Å². The van der Waals surface area contributed by atoms with Gasteiger partial charge in [-0.1, -0.05) is 109 Å². The molecule has 31 heteroatoms. The van der Waals surface area contributed by atoms with Gasteiger partial charge in [0, 0.05) is 48.4 Å². The summed E-state index contributed by atoms with van der Waals surface area (Å²) in [5, 5.41) is 79.9. The molecule has 10 aromatic rings. The van der Waals surface area contributed by atoms with E-state index in [1.807, 2.05) is 97.1 Å². The largest absolute Gasteiger partial charge is 0.450 e. The Labute approximate surface area is 545 Å². The number of nitrogens with one attached hydrogen (secondary N) is 1. The molecule has 15 rings (SSSR count). The second kappa shape index (κ2) is 33.4. The molecule has 5 heterocycles. The Hall–Kier alpha value is -9.79. The minimum atomic E-state index is -4.33. The number of hydrogen-bond donors (Lipinski definition) is 5. The summed E-state index contributed by atoms with van der Waals surface area (Å²) in [5.41, 5.74) is 17.7. The number of H-pyrrole nitrogens is 1. The first kappa shape index (κ1) is 69.6. The molecule has 27 nitrogen and oxygen atoms in total. The summed E-state index contributed by atoms with van der Waals surface area (Å²) in [6.45, 7) is 0. The Morgan fingerprint density at radius 3 is 1.49 bits per heavy atom. The fourth-order valence-corrected chi connectivity index (χ4v) is 11.7. The van der Waals surface area contributed by atoms with E-state index in [1.165, 1.54) is 42.3 Å². The maximum atomic E-state index is 12.8. The second-order valence-electron chi connectivity index (χ2n) is 22.8. The summed E-state index contributed by atoms with van der Waals surface area (Å²) >= 11 is 0. The summed E-state index contributed by atoms with van der Waals surface area (Å²) in [6, 6.07) is 43.6. The molecule has 9 N–H and O–H groups in total. The Morgan fingerprint density at radius 2 is 1.05 bits per heavy atom. The molecule has 0 bridgehead atoms. The molecule has 0 spiro atoms. The van der Waals surface area contributed by atoms with Crippen molar-refractivity contribution < 1.29 is 47.9 Å². The monoisotopic (exact) mass is 1300 g/mol. The molecule has 4 aromatic heterocycles. The number of nitrogen functional groups attached to an aromatic ring is 2. The smallest absolute Gasteiger partial charge is 0.416 e. The maximum absolute atomic E-state index is 12.8. The van der Waals surface area contributed by atoms with Crippen molar-refractivity contribution in [3.63, 3.8) is 0 Å². The van der Waals surface area contributed by atoms with Gasteiger partial charge in [0.25, 0.3) is 5.69 Å². The van der Waals surface area contributed by atoms with Crippen molar-refractivity contribution in [2.24, 2.45) is 0 Å². The van der Waals surface area contributed by atoms with Gasteiger partial charge in [0.15, 0.2) is 0 Å². The predicted molar refractivity (Wildman–Crippen MR) is 346 cm³/mol. The zero-order valence-electron chi connectivity index (χ0n) is 52.2. The van der Waals surface area contributed by atoms with Gasteiger partial charge in [-0.3, -0.25) is 10.1 Å². The summed E-state index contributed by atoms with van der Waals surface area (Å²) in [4.78, 5) is 15.0. The lowest BCUT2D eigenvalue weighted by Crippen LogP contribution is -2.22. The molecule has 497 valence electrons. The van der Waals surface area contributed by atoms with Crippen LogP contribution in [-0.4, -0.2) is 154 Å². The molecule has 95 heavy (non-hydrogen) atoms. The number of nitro groups is 1. The van der Waals surface area contributed by atoms with Crippen molar-refractivity contribution in [2.45, 2.75) is 138 Å². The molecule has 1 saturated heterocycles. The summed E-state index contributed by atoms with van der Waals surface area (Å²) in [7, 11) is 4.51. The number of epoxide rings is 1. The first-order valence-corrected chi connectivity index (χ1v) is 30.9. The van der Waals surface area contributed by atoms with Crippen molar-refractivity contribution in [3.05, 3.63) is 178 Å². The number of nitrogens with two attached hydrogens (primary N) is 2. The Kier molecular flexibility index (Phi) is 24.4. The fraction of sp³-hybridized carbons (Fsp3) is 0.375. The van der Waals surface area contributed by atoms with Gasteiger partial charge in [0.05, 0.1) is 59.1 Å². The van der Waals surface area contributed by atoms with Crippen molar-refractivity contribution in [2.75, 3.05) is 25.7 Å². The van der Waals surface area contributed by atoms with E-state index in [2.05, 4.69) is 66.9 Å². The number of para-hydroxylation sites is 3. The number of fused-ring (bicyclic) bond motifs is 1. The number of benzene rings is 6. The predicted octanol–water partition coefficient (Wildman–Crippen LogP) is 8.17. The number of aliphatic hydroxyl groups is 1. The molecule has 5 fully saturated rings. The van der Waals surface area contributed by atoms with E-state index in [9.17, 15) is 28.4 Å². The fourth-order valence-electron chi connectivity index (χ4n) is 11.7. The summed E-state index contributed by atoms with van der Waals surface area (Å²) in [5.74, 6) is 1.80. The Morgan fingerprint density at radius 1 is 0.589 bits per heavy atom. The number of tetrazole rings is 4. The van der Waals surface area contributed by atoms with Gasteiger partial charge in [0.1, 0.15) is 5.56 Å². The van der Waals surface area contributed by atoms with Crippen molar-refractivity contribution in [1.82, 2.24) is 81.2 Å². The molecule has 4 saturated carbocycles. The first-order chi connectivity index (χ1) is 45.7. The number of halogens is 3. The van der Waals surface area contributed by atoms with E-state index < -0.39 is 16.7 Å². The van der Waals surface area contributed by atoms with Gasteiger partial charge in [-0.05, 0) is 158 Å². The number of nitro benzene ring substituents is 1. The highest BCUT2D eigenvalue weighted by Crippen LogP contribution is 2.38. The number of ether oxygens (including phenoxy) is 3. The van der Waals surface area contributed by atoms with Gasteiger partial charge in [-0.15, -0.1) is 40.8 Å². The zero-order valence-corrected chi connectivity index (χ0v) is 52.2. The quantitative estimate of drug-likeness (QED) is 0.0239. The number of aliphatic hydroxyl groups excluding tert-OH is 1. The average molecular weight is 1310 g/mol. The van der Waals surface area contributed by atoms with E-state index in [-0.39, 0.29) is 53.4 Å². The topological polar surface area (TPSA) is 383 Å². The van der Waals surface area contributed by atoms with Gasteiger partial charge in [-0.25, -0.2) is 0 Å². The van der Waals surface area contributed by atoms with Gasteiger partial charge >= 0.3 is 13.7 Å². The third kappa shape index (κ3) is 18.3. The minimum Gasteiger partial charge on any atom is -0.450 e. The maximum Gasteiger partial charge on any atom is 0.416 e. The second-order valence-corrected chi connectivity index (χ2v) is 22.8. The molecule has 8 atom stereocenters. The van der Waals surface area contributed by atoms with Crippen LogP contribution < -0.4 is 16.9 Å². The highest BCUT2D eigenvalue weighted by Gasteiger charge is 2.42. The van der Waals surface area contributed by atoms with Crippen molar-refractivity contribution in [3.8, 4) is 45.6 Å². The Balaban J connectivity index is 0.000000142. The minimum absolute atomic E-state index is 0. The number of aromatic nitrogens is 16. The van der Waals surface area contributed by atoms with Gasteiger partial charge in [-0.2, -0.15) is 32.8 Å². The normalized spacial score (nSPS) is 20.5. The van der Waals surface area contributed by atoms with Crippen molar-refractivity contribution >= 4 is 30.0 Å². The molecular formula is C64H74BF3N19O8. The van der Waals surface area contributed by atoms with E-state index in [4.69, 9.17) is 30.7 Å². The van der Waals surface area contributed by atoms with Crippen LogP contribution in [0.4, 0.5) is 30.2 Å². The molecule has 8 unspecified atom stereocenters. The van der Waals surface area contributed by atoms with Gasteiger partial charge in [0.2, 0.25) is 23.3 Å². The molecular weight excluding hydrogens is 1230 g/mol. The Bertz CT molecular complexity index is 3970. The SMILES string of the molecule is C1CC2OC2C1.COC1CCCC1n1nnc(-c2ccccc2Cc2ccc(C(F)(F)F)cc2)n1.COC1CCCC1n1nnc(-c2ccccc2N)n1.Nc1ccccc1-c1nnn(C2CCCC2O)n1.O.O=[N+]([O-])c1ccccc1-c1nn[nH]n1.O[B]c1ccccc1. The van der Waals surface area contributed by atoms with Crippen LogP contribution in [0.1, 0.15) is 112 Å². The number of nitrogens with zero attached hydrogens (tertiary/aromatic N) is 16. The zero-order chi connectivity index (χ0) is 66.0. The van der Waals surface area contributed by atoms with E-state index in [0.717, 1.165) is 111 Å². The highest BCUT2D eigenvalue weighted by molar-refractivity contribution is 6.45. The summed E-state index contributed by atoms with van der Waals surface area (Å²) < 4.78 is 54.5. The van der Waals surface area contributed by atoms with Crippen LogP contribution >= 0.6 is 0 Å². The lowest BCUT2D eigenvalue weighted by Gasteiger charge is -2.16. The average Bonchev–Trinajstić information content (AvgIpc) is 1.79. The molecule has 1 aliphatic heterocycles. The van der Waals surface area contributed by atoms with Crippen molar-refractivity contribution in [1.29, 1.82) is 0 Å². The first-order valence-electron chi connectivity index (χ1n) is 30.9. The standard InChI is InChI=1S/C21H21F3N4O.C13H17N5O.C12H15N5O.C7H5N5O2.C6H6BO.C5H8O.H2O/c1-29-19-8-4-7-18(19)28-26-20(25-27-28)17-6-3-2-5-15(17)13-14-9-11-16(12-10-14)21(22,23)24;1-19-12-8-4-7-11(12)18-16-13(15-17-18)9-5-2-3-6-10(9)14;13-9-5-2-1-4-8(9)12-14-16-17(15-12)10-6-3-7-11(10)18;13-12(14)6-4-2-1-3-5(6)7-8-10-11-9-7;8-7-6-4-2-1-3-5-6;1-2-4-5(3-1)6-4;/h2-3,5-6,9-12,18-19H,4,7-8,13H2,1H3;2-3,5-6,11-12H,4,7-8,14H2,1H3;1-2,4-5,10-11,18H,3,6-7,13H2;1-4H,(H,8,9,10,11);1-5,8H;4-5H,1-3H2;1H2. The molecule has 5 aliphatic rings. The molecule has 6 aromatic carbocycles. The number of alkyl halides is 3. The highest BCUT2D eigenvalue weighted by atomic mass is 19.4. The number of methoxy groups -OCH3 is 2. The molecule has 0 amide bonds. The van der Waals surface area contributed by atoms with Crippen LogP contribution in [-0.2, 0) is 26.8 Å². The van der Waals surface area contributed by atoms with Crippen LogP contribution in [0.2, 0.25) is 0 Å². The van der Waals surface area contributed by atoms with E-state index >= 15 is 0 Å². The van der Waals surface area contributed by atoms with Crippen LogP contribution in [0.15, 0.2) is 152 Å². The lowest BCUT2D eigenvalue weighted by molar-refractivity contribution is -0.384. The number of aromatic amines is 1. The van der Waals surface area contributed by atoms with E-state index in [0.29, 0.717) is 53.0 Å². The lowest BCUT2D eigenvalue weighted by atomic mass is 9.89. The third-order valence-corrected chi connectivity index (χ3v) is 16.7. The molecule has 4 aliphatic carbocycles. The van der Waals surface area contributed by atoms with Crippen LogP contribution in [0.5, 0.6) is 0 Å². The third-order valence-electron chi connectivity index (χ3n) is 16.7. The van der Waals surface area contributed by atoms with Crippen LogP contribution in [0, 0.1) is 10.1 Å². The van der Waals surface area contributed by atoms with Crippen LogP contribution in [0.3, 0.4) is 0 Å². The number of rotatable bonds is 13. The molecule has 1 radical (unpaired) electrons. The number of hydrogen-bond acceptors (Lipinski definition) is 21. The number of anilines is 2. The van der Waals surface area contributed by atoms with E-state index in [1.54, 1.807) is 48.1 Å².